The molecule has 1 N–H and O–H groups in total. The van der Waals surface area contributed by atoms with E-state index in [0.29, 0.717) is 5.71 Å². The average Bonchev–Trinajstić information content (AvgIpc) is 2.75. The molecule has 3 rings (SSSR count). The number of fused-ring (bicyclic) bond motifs is 3. The van der Waals surface area contributed by atoms with Crippen molar-refractivity contribution in [3.8, 4) is 0 Å². The highest BCUT2D eigenvalue weighted by Gasteiger charge is 2.11. The lowest BCUT2D eigenvalue weighted by Crippen LogP contribution is -2.06. The van der Waals surface area contributed by atoms with Crippen molar-refractivity contribution in [2.75, 3.05) is 0 Å². The third-order valence-corrected chi connectivity index (χ3v) is 3.51. The minimum Gasteiger partial charge on any atom is -0.456 e. The maximum Gasteiger partial charge on any atom is 0.135 e. The van der Waals surface area contributed by atoms with Crippen LogP contribution in [0.2, 0.25) is 0 Å². The molecule has 0 atom stereocenters. The Morgan fingerprint density at radius 3 is 2.32 bits per heavy atom. The van der Waals surface area contributed by atoms with Crippen LogP contribution in [0.15, 0.2) is 40.8 Å². The van der Waals surface area contributed by atoms with Gasteiger partial charge in [0.25, 0.3) is 0 Å². The Bertz CT molecular complexity index is 780. The van der Waals surface area contributed by atoms with Gasteiger partial charge < -0.3 is 9.83 Å². The Kier molecular flexibility index (Phi) is 2.67. The van der Waals surface area contributed by atoms with Gasteiger partial charge in [-0.15, -0.1) is 0 Å². The van der Waals surface area contributed by atoms with E-state index in [9.17, 15) is 0 Å². The van der Waals surface area contributed by atoms with Crippen molar-refractivity contribution in [2.45, 2.75) is 20.8 Å². The molecule has 0 fully saturated rings. The molecule has 2 heteroatoms. The summed E-state index contributed by atoms with van der Waals surface area (Å²) in [4.78, 5) is 0. The van der Waals surface area contributed by atoms with Gasteiger partial charge in [-0.25, -0.2) is 0 Å². The Balaban J connectivity index is 2.29. The molecule has 0 radical (unpaired) electrons. The number of furan rings is 1. The highest BCUT2D eigenvalue weighted by Crippen LogP contribution is 2.30. The minimum atomic E-state index is 0.234. The summed E-state index contributed by atoms with van der Waals surface area (Å²) in [6, 6.07) is 12.2. The van der Waals surface area contributed by atoms with Gasteiger partial charge in [-0.3, -0.25) is 0 Å². The Morgan fingerprint density at radius 2 is 1.63 bits per heavy atom. The van der Waals surface area contributed by atoms with Crippen LogP contribution < -0.4 is 0 Å². The summed E-state index contributed by atoms with van der Waals surface area (Å²) in [6.07, 6.45) is 0. The van der Waals surface area contributed by atoms with Gasteiger partial charge in [0.1, 0.15) is 11.2 Å². The summed E-state index contributed by atoms with van der Waals surface area (Å²) in [6.45, 7) is 6.17. The molecule has 0 unspecified atom stereocenters. The summed E-state index contributed by atoms with van der Waals surface area (Å²) < 4.78 is 5.83. The Labute approximate surface area is 112 Å². The maximum atomic E-state index is 8.13. The van der Waals surface area contributed by atoms with Crippen LogP contribution in [0.3, 0.4) is 0 Å². The fourth-order valence-electron chi connectivity index (χ4n) is 2.39. The largest absolute Gasteiger partial charge is 0.456 e. The second-order valence-corrected chi connectivity index (χ2v) is 5.38. The maximum absolute atomic E-state index is 8.13. The lowest BCUT2D eigenvalue weighted by Gasteiger charge is -2.07. The molecule has 0 amide bonds. The van der Waals surface area contributed by atoms with E-state index in [4.69, 9.17) is 9.83 Å². The quantitative estimate of drug-likeness (QED) is 0.645. The Morgan fingerprint density at radius 1 is 1.00 bits per heavy atom. The Hall–Kier alpha value is -2.09. The summed E-state index contributed by atoms with van der Waals surface area (Å²) >= 11 is 0. The van der Waals surface area contributed by atoms with Crippen molar-refractivity contribution in [2.24, 2.45) is 5.92 Å². The molecule has 0 saturated heterocycles. The molecule has 3 aromatic rings. The molecular formula is C17H17NO. The predicted molar refractivity (Wildman–Crippen MR) is 80.1 cm³/mol. The molecule has 0 aliphatic carbocycles. The number of benzene rings is 2. The second kappa shape index (κ2) is 4.23. The van der Waals surface area contributed by atoms with E-state index in [1.165, 1.54) is 5.56 Å². The molecule has 2 aromatic carbocycles. The average molecular weight is 251 g/mol. The second-order valence-electron chi connectivity index (χ2n) is 5.38. The van der Waals surface area contributed by atoms with Gasteiger partial charge >= 0.3 is 0 Å². The van der Waals surface area contributed by atoms with Crippen LogP contribution in [-0.4, -0.2) is 5.71 Å². The van der Waals surface area contributed by atoms with E-state index in [-0.39, 0.29) is 5.92 Å². The molecule has 1 heterocycles. The molecule has 2 nitrogen and oxygen atoms in total. The van der Waals surface area contributed by atoms with Gasteiger partial charge in [0.15, 0.2) is 0 Å². The highest BCUT2D eigenvalue weighted by molar-refractivity contribution is 6.09. The zero-order valence-corrected chi connectivity index (χ0v) is 11.4. The number of hydrogen-bond donors (Lipinski definition) is 1. The monoisotopic (exact) mass is 251 g/mol. The number of nitrogens with one attached hydrogen (secondary N) is 1. The number of rotatable bonds is 2. The first-order chi connectivity index (χ1) is 9.06. The first kappa shape index (κ1) is 12.0. The standard InChI is InChI=1S/C17H17NO/c1-10(2)17(18)12-5-7-16-14(9-12)13-8-11(3)4-6-15(13)19-16/h4-10,18H,1-3H3. The van der Waals surface area contributed by atoms with Crippen molar-refractivity contribution in [1.82, 2.24) is 0 Å². The van der Waals surface area contributed by atoms with Crippen LogP contribution in [0.1, 0.15) is 25.0 Å². The highest BCUT2D eigenvalue weighted by atomic mass is 16.3. The van der Waals surface area contributed by atoms with Gasteiger partial charge in [0.05, 0.1) is 0 Å². The van der Waals surface area contributed by atoms with E-state index in [1.807, 2.05) is 32.0 Å². The van der Waals surface area contributed by atoms with Crippen LogP contribution in [0.25, 0.3) is 21.9 Å². The topological polar surface area (TPSA) is 37.0 Å². The smallest absolute Gasteiger partial charge is 0.135 e. The lowest BCUT2D eigenvalue weighted by atomic mass is 9.98. The van der Waals surface area contributed by atoms with Crippen molar-refractivity contribution >= 4 is 27.7 Å². The van der Waals surface area contributed by atoms with E-state index >= 15 is 0 Å². The SMILES string of the molecule is Cc1ccc2oc3ccc(C(=N)C(C)C)cc3c2c1. The van der Waals surface area contributed by atoms with Gasteiger partial charge in [0, 0.05) is 16.5 Å². The van der Waals surface area contributed by atoms with E-state index < -0.39 is 0 Å². The van der Waals surface area contributed by atoms with E-state index in [2.05, 4.69) is 25.1 Å². The van der Waals surface area contributed by atoms with Crippen molar-refractivity contribution in [1.29, 1.82) is 5.41 Å². The molecule has 1 aromatic heterocycles. The molecule has 19 heavy (non-hydrogen) atoms. The third kappa shape index (κ3) is 1.93. The van der Waals surface area contributed by atoms with Gasteiger partial charge in [-0.1, -0.05) is 25.5 Å². The zero-order chi connectivity index (χ0) is 13.6. The summed E-state index contributed by atoms with van der Waals surface area (Å²) in [5, 5.41) is 10.4. The van der Waals surface area contributed by atoms with E-state index in [1.54, 1.807) is 0 Å². The van der Waals surface area contributed by atoms with Crippen molar-refractivity contribution in [3.63, 3.8) is 0 Å². The number of hydrogen-bond acceptors (Lipinski definition) is 2. The molecule has 0 aliphatic heterocycles. The van der Waals surface area contributed by atoms with Crippen LogP contribution >= 0.6 is 0 Å². The van der Waals surface area contributed by atoms with Crippen LogP contribution in [0.4, 0.5) is 0 Å². The minimum absolute atomic E-state index is 0.234. The molecule has 96 valence electrons. The molecule has 0 bridgehead atoms. The zero-order valence-electron chi connectivity index (χ0n) is 11.4. The van der Waals surface area contributed by atoms with Gasteiger partial charge in [-0.2, -0.15) is 0 Å². The first-order valence-electron chi connectivity index (χ1n) is 6.58. The fourth-order valence-corrected chi connectivity index (χ4v) is 2.39. The predicted octanol–water partition coefficient (Wildman–Crippen LogP) is 4.92. The molecule has 0 saturated carbocycles. The van der Waals surface area contributed by atoms with Gasteiger partial charge in [-0.05, 0) is 48.7 Å². The summed E-state index contributed by atoms with van der Waals surface area (Å²) in [5.74, 6) is 0.234. The summed E-state index contributed by atoms with van der Waals surface area (Å²) in [5.41, 5.74) is 4.67. The molecular weight excluding hydrogens is 234 g/mol. The molecule has 0 spiro atoms. The van der Waals surface area contributed by atoms with Crippen LogP contribution in [0.5, 0.6) is 0 Å². The first-order valence-corrected chi connectivity index (χ1v) is 6.58. The van der Waals surface area contributed by atoms with Crippen LogP contribution in [-0.2, 0) is 0 Å². The third-order valence-electron chi connectivity index (χ3n) is 3.51. The van der Waals surface area contributed by atoms with E-state index in [0.717, 1.165) is 27.5 Å². The van der Waals surface area contributed by atoms with Crippen molar-refractivity contribution in [3.05, 3.63) is 47.5 Å². The van der Waals surface area contributed by atoms with Crippen molar-refractivity contribution < 1.29 is 4.42 Å². The number of aryl methyl sites for hydroxylation is 1. The van der Waals surface area contributed by atoms with Gasteiger partial charge in [0.2, 0.25) is 0 Å². The normalized spacial score (nSPS) is 11.6. The summed E-state index contributed by atoms with van der Waals surface area (Å²) in [7, 11) is 0. The molecule has 0 aliphatic rings. The lowest BCUT2D eigenvalue weighted by molar-refractivity contribution is 0.669. The fraction of sp³-hybridized carbons (Fsp3) is 0.235. The van der Waals surface area contributed by atoms with Crippen LogP contribution in [0, 0.1) is 18.3 Å².